The maximum absolute atomic E-state index is 12.3. The summed E-state index contributed by atoms with van der Waals surface area (Å²) in [5, 5.41) is 19.2. The van der Waals surface area contributed by atoms with E-state index in [1.807, 2.05) is 27.7 Å². The zero-order chi connectivity index (χ0) is 15.7. The Morgan fingerprint density at radius 1 is 1.43 bits per heavy atom. The number of aliphatic hydroxyl groups excluding tert-OH is 1. The molecule has 0 unspecified atom stereocenters. The van der Waals surface area contributed by atoms with E-state index in [2.05, 4.69) is 15.8 Å². The second-order valence-corrected chi connectivity index (χ2v) is 7.02. The largest absolute Gasteiger partial charge is 0.395 e. The van der Waals surface area contributed by atoms with Crippen molar-refractivity contribution in [3.63, 3.8) is 0 Å². The first-order valence-corrected chi connectivity index (χ1v) is 7.39. The molecule has 1 saturated carbocycles. The third-order valence-electron chi connectivity index (χ3n) is 3.93. The van der Waals surface area contributed by atoms with E-state index in [1.54, 1.807) is 6.07 Å². The maximum atomic E-state index is 12.3. The number of carbonyl (C=O) groups is 1. The van der Waals surface area contributed by atoms with E-state index < -0.39 is 11.0 Å². The summed E-state index contributed by atoms with van der Waals surface area (Å²) in [6, 6.07) is 1.66. The fourth-order valence-corrected chi connectivity index (χ4v) is 1.80. The smallest absolute Gasteiger partial charge is 0.246 e. The summed E-state index contributed by atoms with van der Waals surface area (Å²) >= 11 is 0. The lowest BCUT2D eigenvalue weighted by atomic mass is 9.91. The molecule has 1 aliphatic rings. The average molecular weight is 295 g/mol. The molecule has 2 rings (SSSR count). The number of carbonyl (C=O) groups excluding carboxylic acids is 1. The zero-order valence-electron chi connectivity index (χ0n) is 13.2. The minimum Gasteiger partial charge on any atom is -0.395 e. The number of hydrogen-bond acceptors (Lipinski definition) is 5. The van der Waals surface area contributed by atoms with Gasteiger partial charge in [-0.15, -0.1) is 0 Å². The summed E-state index contributed by atoms with van der Waals surface area (Å²) in [4.78, 5) is 12.3. The van der Waals surface area contributed by atoms with Crippen LogP contribution in [0.5, 0.6) is 0 Å². The fraction of sp³-hybridized carbons (Fsp3) is 0.733. The topological polar surface area (TPSA) is 87.4 Å². The van der Waals surface area contributed by atoms with E-state index in [4.69, 9.17) is 4.52 Å². The van der Waals surface area contributed by atoms with Gasteiger partial charge in [0.25, 0.3) is 0 Å². The van der Waals surface area contributed by atoms with Crippen LogP contribution in [0.3, 0.4) is 0 Å². The molecule has 1 aromatic rings. The summed E-state index contributed by atoms with van der Waals surface area (Å²) < 4.78 is 5.14. The van der Waals surface area contributed by atoms with Crippen molar-refractivity contribution in [3.8, 4) is 0 Å². The van der Waals surface area contributed by atoms with Crippen molar-refractivity contribution in [1.29, 1.82) is 0 Å². The first-order valence-electron chi connectivity index (χ1n) is 7.39. The number of hydrogen-bond donors (Lipinski definition) is 3. The minimum absolute atomic E-state index is 0.0403. The molecule has 1 amide bonds. The van der Waals surface area contributed by atoms with Crippen LogP contribution in [-0.2, 0) is 10.2 Å². The van der Waals surface area contributed by atoms with Gasteiger partial charge < -0.3 is 14.9 Å². The molecule has 1 heterocycles. The normalized spacial score (nSPS) is 16.0. The van der Waals surface area contributed by atoms with Gasteiger partial charge in [0.15, 0.2) is 0 Å². The Morgan fingerprint density at radius 2 is 2.10 bits per heavy atom. The van der Waals surface area contributed by atoms with Crippen molar-refractivity contribution in [2.45, 2.75) is 51.5 Å². The Labute approximate surface area is 125 Å². The third kappa shape index (κ3) is 4.04. The Morgan fingerprint density at radius 3 is 2.67 bits per heavy atom. The van der Waals surface area contributed by atoms with E-state index >= 15 is 0 Å². The molecule has 0 radical (unpaired) electrons. The molecule has 6 nitrogen and oxygen atoms in total. The number of rotatable bonds is 7. The van der Waals surface area contributed by atoms with Crippen molar-refractivity contribution in [1.82, 2.24) is 10.5 Å². The summed E-state index contributed by atoms with van der Waals surface area (Å²) in [6.07, 6.45) is 2.48. The molecule has 0 spiro atoms. The molecule has 6 heteroatoms. The number of aliphatic hydroxyl groups is 1. The molecule has 3 N–H and O–H groups in total. The van der Waals surface area contributed by atoms with E-state index in [1.165, 1.54) is 12.8 Å². The lowest BCUT2D eigenvalue weighted by Gasteiger charge is -2.24. The Hall–Kier alpha value is -1.40. The molecule has 1 aliphatic carbocycles. The van der Waals surface area contributed by atoms with E-state index in [9.17, 15) is 9.90 Å². The molecule has 1 fully saturated rings. The van der Waals surface area contributed by atoms with Crippen LogP contribution in [-0.4, -0.2) is 34.9 Å². The number of nitrogens with zero attached hydrogens (tertiary/aromatic N) is 1. The Kier molecular flexibility index (Phi) is 4.39. The number of amides is 1. The second-order valence-electron chi connectivity index (χ2n) is 7.02. The lowest BCUT2D eigenvalue weighted by Crippen LogP contribution is -2.50. The lowest BCUT2D eigenvalue weighted by molar-refractivity contribution is -0.121. The highest BCUT2D eigenvalue weighted by Crippen LogP contribution is 2.28. The molecule has 0 atom stereocenters. The first kappa shape index (κ1) is 16.0. The van der Waals surface area contributed by atoms with Gasteiger partial charge in [0.1, 0.15) is 0 Å². The Balaban J connectivity index is 1.95. The van der Waals surface area contributed by atoms with Crippen LogP contribution in [0, 0.1) is 5.92 Å². The number of nitrogens with one attached hydrogen (secondary N) is 2. The molecular formula is C15H25N3O3. The van der Waals surface area contributed by atoms with Crippen molar-refractivity contribution in [3.05, 3.63) is 11.8 Å². The fourth-order valence-electron chi connectivity index (χ4n) is 1.80. The van der Waals surface area contributed by atoms with E-state index in [0.29, 0.717) is 17.5 Å². The maximum Gasteiger partial charge on any atom is 0.246 e. The van der Waals surface area contributed by atoms with Crippen molar-refractivity contribution in [2.75, 3.05) is 18.5 Å². The standard InChI is InChI=1S/C15H25N3O3/c1-14(2,9-19)11-7-12(21-18-11)17-13(20)15(3,4)16-8-10-5-6-10/h7,10,16,19H,5-6,8-9H2,1-4H3,(H,17,20). The molecule has 118 valence electrons. The van der Waals surface area contributed by atoms with Gasteiger partial charge in [0.2, 0.25) is 11.8 Å². The highest BCUT2D eigenvalue weighted by Gasteiger charge is 2.32. The predicted octanol–water partition coefficient (Wildman–Crippen LogP) is 1.66. The van der Waals surface area contributed by atoms with Crippen molar-refractivity contribution in [2.24, 2.45) is 5.92 Å². The summed E-state index contributed by atoms with van der Waals surface area (Å²) in [6.45, 7) is 8.23. The monoisotopic (exact) mass is 295 g/mol. The van der Waals surface area contributed by atoms with Gasteiger partial charge in [-0.3, -0.25) is 10.1 Å². The molecule has 0 aliphatic heterocycles. The minimum atomic E-state index is -0.665. The van der Waals surface area contributed by atoms with Crippen molar-refractivity contribution < 1.29 is 14.4 Å². The van der Waals surface area contributed by atoms with Crippen LogP contribution < -0.4 is 10.6 Å². The summed E-state index contributed by atoms with van der Waals surface area (Å²) in [5.74, 6) is 0.852. The summed E-state index contributed by atoms with van der Waals surface area (Å²) in [5.41, 5.74) is -0.544. The first-order chi connectivity index (χ1) is 9.74. The predicted molar refractivity (Wildman–Crippen MR) is 80.1 cm³/mol. The quantitative estimate of drug-likeness (QED) is 0.712. The molecule has 21 heavy (non-hydrogen) atoms. The van der Waals surface area contributed by atoms with Crippen molar-refractivity contribution >= 4 is 11.8 Å². The summed E-state index contributed by atoms with van der Waals surface area (Å²) in [7, 11) is 0. The van der Waals surface area contributed by atoms with Gasteiger partial charge in [-0.2, -0.15) is 0 Å². The molecule has 0 aromatic carbocycles. The number of anilines is 1. The van der Waals surface area contributed by atoms with Crippen LogP contribution in [0.15, 0.2) is 10.6 Å². The number of aromatic nitrogens is 1. The van der Waals surface area contributed by atoms with Gasteiger partial charge in [-0.25, -0.2) is 0 Å². The van der Waals surface area contributed by atoms with E-state index in [-0.39, 0.29) is 12.5 Å². The van der Waals surface area contributed by atoms with Gasteiger partial charge in [-0.1, -0.05) is 19.0 Å². The third-order valence-corrected chi connectivity index (χ3v) is 3.93. The van der Waals surface area contributed by atoms with Gasteiger partial charge >= 0.3 is 0 Å². The van der Waals surface area contributed by atoms with E-state index in [0.717, 1.165) is 6.54 Å². The van der Waals surface area contributed by atoms with Gasteiger partial charge in [0.05, 0.1) is 17.8 Å². The van der Waals surface area contributed by atoms with Gasteiger partial charge in [-0.05, 0) is 39.2 Å². The molecule has 0 saturated heterocycles. The van der Waals surface area contributed by atoms with Crippen LogP contribution in [0.4, 0.5) is 5.88 Å². The molecular weight excluding hydrogens is 270 g/mol. The SMILES string of the molecule is CC(C)(NCC1CC1)C(=O)Nc1cc(C(C)(C)CO)no1. The van der Waals surface area contributed by atoms with Crippen LogP contribution >= 0.6 is 0 Å². The van der Waals surface area contributed by atoms with Crippen LogP contribution in [0.25, 0.3) is 0 Å². The van der Waals surface area contributed by atoms with Crippen LogP contribution in [0.1, 0.15) is 46.2 Å². The van der Waals surface area contributed by atoms with Gasteiger partial charge in [0, 0.05) is 11.5 Å². The second kappa shape index (κ2) is 5.77. The molecule has 1 aromatic heterocycles. The highest BCUT2D eigenvalue weighted by atomic mass is 16.5. The zero-order valence-corrected chi connectivity index (χ0v) is 13.2. The Bertz CT molecular complexity index is 504. The highest BCUT2D eigenvalue weighted by molar-refractivity contribution is 5.96. The average Bonchev–Trinajstić information content (AvgIpc) is 3.14. The van der Waals surface area contributed by atoms with Crippen LogP contribution in [0.2, 0.25) is 0 Å². The molecule has 0 bridgehead atoms.